The Balaban J connectivity index is 2.44. The van der Waals surface area contributed by atoms with Crippen LogP contribution in [0, 0.1) is 30.3 Å². The lowest BCUT2D eigenvalue weighted by molar-refractivity contribution is -0.489. The molecule has 1 aliphatic rings. The fourth-order valence-corrected chi connectivity index (χ4v) is 3.09. The van der Waals surface area contributed by atoms with Crippen molar-refractivity contribution >= 4 is 28.6 Å². The van der Waals surface area contributed by atoms with Crippen LogP contribution in [0.5, 0.6) is 0 Å². The van der Waals surface area contributed by atoms with Crippen molar-refractivity contribution in [3.63, 3.8) is 0 Å². The number of hydrogen-bond acceptors (Lipinski definition) is 9. The van der Waals surface area contributed by atoms with Crippen LogP contribution in [0.2, 0.25) is 0 Å². The first-order chi connectivity index (χ1) is 13.0. The van der Waals surface area contributed by atoms with Crippen molar-refractivity contribution in [1.29, 1.82) is 0 Å². The topological polar surface area (TPSA) is 172 Å². The van der Waals surface area contributed by atoms with E-state index in [0.29, 0.717) is 12.1 Å². The Bertz CT molecular complexity index is 874. The van der Waals surface area contributed by atoms with Gasteiger partial charge in [-0.15, -0.1) is 0 Å². The summed E-state index contributed by atoms with van der Waals surface area (Å²) in [5, 5.41) is 41.2. The van der Waals surface area contributed by atoms with Crippen LogP contribution in [0.1, 0.15) is 13.8 Å². The molecule has 0 fully saturated rings. The highest BCUT2D eigenvalue weighted by Crippen LogP contribution is 2.38. The largest absolute Gasteiger partial charge is 0.308 e. The molecule has 0 bridgehead atoms. The molecule has 0 aliphatic carbocycles. The summed E-state index contributed by atoms with van der Waals surface area (Å²) in [6, 6.07) is 1.26. The second-order valence-electron chi connectivity index (χ2n) is 6.67. The molecule has 0 radical (unpaired) electrons. The van der Waals surface area contributed by atoms with E-state index in [-0.39, 0.29) is 0 Å². The number of nitro benzene ring substituents is 3. The van der Waals surface area contributed by atoms with Gasteiger partial charge in [-0.3, -0.25) is 39.8 Å². The lowest BCUT2D eigenvalue weighted by Crippen LogP contribution is -2.42. The number of nitro groups is 3. The summed E-state index contributed by atoms with van der Waals surface area (Å²) in [6.07, 6.45) is 0. The molecule has 28 heavy (non-hydrogen) atoms. The summed E-state index contributed by atoms with van der Waals surface area (Å²) >= 11 is 0. The molecule has 150 valence electrons. The average Bonchev–Trinajstić information content (AvgIpc) is 2.93. The van der Waals surface area contributed by atoms with Gasteiger partial charge in [-0.2, -0.15) is 5.11 Å². The van der Waals surface area contributed by atoms with Gasteiger partial charge in [0.15, 0.2) is 5.54 Å². The van der Waals surface area contributed by atoms with Crippen molar-refractivity contribution < 1.29 is 19.3 Å². The minimum absolute atomic E-state index is 0.585. The van der Waals surface area contributed by atoms with Gasteiger partial charge in [-0.1, -0.05) is 5.22 Å². The zero-order chi connectivity index (χ0) is 21.2. The lowest BCUT2D eigenvalue weighted by atomic mass is 10.1. The number of benzene rings is 1. The summed E-state index contributed by atoms with van der Waals surface area (Å²) in [5.41, 5.74) is -1.65. The number of hydrogen-bond donors (Lipinski definition) is 1. The number of anilines is 1. The quantitative estimate of drug-likeness (QED) is 0.315. The van der Waals surface area contributed by atoms with Crippen molar-refractivity contribution in [2.45, 2.75) is 19.4 Å². The number of amidine groups is 1. The van der Waals surface area contributed by atoms with E-state index >= 15 is 0 Å². The van der Waals surface area contributed by atoms with Crippen LogP contribution in [0.3, 0.4) is 0 Å². The molecule has 0 aromatic heterocycles. The van der Waals surface area contributed by atoms with E-state index < -0.39 is 43.1 Å². The van der Waals surface area contributed by atoms with E-state index in [1.807, 2.05) is 23.6 Å². The van der Waals surface area contributed by atoms with E-state index in [1.54, 1.807) is 13.8 Å². The maximum absolute atomic E-state index is 11.3. The molecule has 0 atom stereocenters. The Hall–Kier alpha value is -3.71. The Morgan fingerprint density at radius 1 is 1.11 bits per heavy atom. The minimum atomic E-state index is -0.962. The Morgan fingerprint density at radius 2 is 1.64 bits per heavy atom. The molecular formula is C14H19N8O6+. The van der Waals surface area contributed by atoms with E-state index in [4.69, 9.17) is 0 Å². The highest BCUT2D eigenvalue weighted by atomic mass is 16.6. The van der Waals surface area contributed by atoms with Crippen LogP contribution in [0.4, 0.5) is 22.7 Å². The maximum atomic E-state index is 11.3. The van der Waals surface area contributed by atoms with Gasteiger partial charge in [0.25, 0.3) is 11.5 Å². The Kier molecular flexibility index (Phi) is 5.51. The predicted molar refractivity (Wildman–Crippen MR) is 97.7 cm³/mol. The number of nitrogens with zero attached hydrogens (tertiary/aromatic N) is 7. The van der Waals surface area contributed by atoms with Crippen LogP contribution in [-0.4, -0.2) is 62.8 Å². The van der Waals surface area contributed by atoms with Gasteiger partial charge in [0.05, 0.1) is 41.0 Å². The molecule has 0 saturated heterocycles. The third-order valence-electron chi connectivity index (χ3n) is 4.19. The first kappa shape index (κ1) is 20.6. The second-order valence-corrected chi connectivity index (χ2v) is 6.67. The van der Waals surface area contributed by atoms with Crippen LogP contribution in [0.15, 0.2) is 22.5 Å². The van der Waals surface area contributed by atoms with Gasteiger partial charge in [0.1, 0.15) is 13.1 Å². The van der Waals surface area contributed by atoms with Gasteiger partial charge in [-0.05, 0) is 13.8 Å². The highest BCUT2D eigenvalue weighted by molar-refractivity contribution is 5.87. The normalized spacial score (nSPS) is 14.6. The van der Waals surface area contributed by atoms with Gasteiger partial charge in [0.2, 0.25) is 5.69 Å². The van der Waals surface area contributed by atoms with Gasteiger partial charge >= 0.3 is 11.4 Å². The summed E-state index contributed by atoms with van der Waals surface area (Å²) < 4.78 is 1.98. The van der Waals surface area contributed by atoms with E-state index in [9.17, 15) is 30.3 Å². The van der Waals surface area contributed by atoms with Gasteiger partial charge in [0, 0.05) is 0 Å². The number of nitrogens with one attached hydrogen (secondary N) is 1. The molecule has 0 spiro atoms. The molecule has 1 aromatic carbocycles. The number of rotatable bonds is 7. The van der Waals surface area contributed by atoms with Crippen molar-refractivity contribution in [3.05, 3.63) is 42.5 Å². The summed E-state index contributed by atoms with van der Waals surface area (Å²) in [4.78, 5) is 32.5. The molecular weight excluding hydrogens is 376 g/mol. The van der Waals surface area contributed by atoms with E-state index in [0.717, 1.165) is 18.9 Å². The molecule has 1 N–H and O–H groups in total. The molecule has 1 heterocycles. The molecule has 0 saturated carbocycles. The van der Waals surface area contributed by atoms with Crippen LogP contribution < -0.4 is 5.43 Å². The third kappa shape index (κ3) is 3.99. The molecule has 1 aromatic rings. The van der Waals surface area contributed by atoms with Crippen LogP contribution >= 0.6 is 0 Å². The molecule has 1 aliphatic heterocycles. The predicted octanol–water partition coefficient (Wildman–Crippen LogP) is 1.96. The standard InChI is InChI=1S/C14H19N8O6/c1-14(2,13-18(3)5-6-19(13)4)16-17-15-12-10(21(25)26)7-9(20(23)24)8-11(12)22(27)28/h7-8H,5-6H2,1-4H3,(H,15,16)/q+1. The molecule has 2 rings (SSSR count). The van der Waals surface area contributed by atoms with Crippen LogP contribution in [-0.2, 0) is 0 Å². The fourth-order valence-electron chi connectivity index (χ4n) is 3.09. The van der Waals surface area contributed by atoms with Gasteiger partial charge < -0.3 is 0 Å². The fraction of sp³-hybridized carbons (Fsp3) is 0.500. The summed E-state index contributed by atoms with van der Waals surface area (Å²) in [7, 11) is 3.77. The first-order valence-electron chi connectivity index (χ1n) is 8.04. The monoisotopic (exact) mass is 395 g/mol. The van der Waals surface area contributed by atoms with E-state index in [1.165, 1.54) is 0 Å². The van der Waals surface area contributed by atoms with Crippen molar-refractivity contribution in [2.75, 3.05) is 32.6 Å². The SMILES string of the molecule is CN1CC[N+](C)=C1C(C)(C)N=NNc1c([N+](=O)[O-])cc([N+](=O)[O-])cc1[N+](=O)[O-]. The van der Waals surface area contributed by atoms with E-state index in [2.05, 4.69) is 15.8 Å². The summed E-state index contributed by atoms with van der Waals surface area (Å²) in [6.45, 7) is 5.12. The lowest BCUT2D eigenvalue weighted by Gasteiger charge is -2.19. The van der Waals surface area contributed by atoms with Gasteiger partial charge in [-0.25, -0.2) is 5.43 Å². The minimum Gasteiger partial charge on any atom is -0.262 e. The molecule has 0 amide bonds. The number of likely N-dealkylation sites (N-methyl/N-ethyl adjacent to an activating group) is 2. The third-order valence-corrected chi connectivity index (χ3v) is 4.19. The van der Waals surface area contributed by atoms with Crippen LogP contribution in [0.25, 0.3) is 0 Å². The highest BCUT2D eigenvalue weighted by Gasteiger charge is 2.40. The van der Waals surface area contributed by atoms with Crippen molar-refractivity contribution in [3.8, 4) is 0 Å². The Morgan fingerprint density at radius 3 is 2.04 bits per heavy atom. The maximum Gasteiger partial charge on any atom is 0.308 e. The Labute approximate surface area is 158 Å². The molecule has 14 heteroatoms. The smallest absolute Gasteiger partial charge is 0.262 e. The zero-order valence-corrected chi connectivity index (χ0v) is 15.6. The summed E-state index contributed by atoms with van der Waals surface area (Å²) in [5.74, 6) is 0.853. The zero-order valence-electron chi connectivity index (χ0n) is 15.6. The first-order valence-corrected chi connectivity index (χ1v) is 8.04. The van der Waals surface area contributed by atoms with Crippen molar-refractivity contribution in [2.24, 2.45) is 10.3 Å². The molecule has 0 unspecified atom stereocenters. The number of non-ortho nitro benzene ring substituents is 1. The second kappa shape index (κ2) is 7.50. The van der Waals surface area contributed by atoms with Crippen molar-refractivity contribution in [1.82, 2.24) is 4.90 Å². The average molecular weight is 395 g/mol. The molecule has 14 nitrogen and oxygen atoms in total.